The quantitative estimate of drug-likeness (QED) is 0.551. The number of hydrogen-bond acceptors (Lipinski definition) is 6. The summed E-state index contributed by atoms with van der Waals surface area (Å²) in [6.07, 6.45) is 2.48. The van der Waals surface area contributed by atoms with Crippen molar-refractivity contribution in [3.63, 3.8) is 0 Å². The molecule has 9 heteroatoms. The predicted molar refractivity (Wildman–Crippen MR) is 132 cm³/mol. The maximum atomic E-state index is 12.7. The molecule has 0 aromatic heterocycles. The molecule has 188 valence electrons. The van der Waals surface area contributed by atoms with E-state index in [1.807, 2.05) is 19.1 Å². The molecule has 0 spiro atoms. The number of rotatable bonds is 4. The molecule has 2 aromatic carbocycles. The van der Waals surface area contributed by atoms with Crippen molar-refractivity contribution in [2.24, 2.45) is 0 Å². The SMILES string of the molecule is Cc1cc(CO)cc(C)c1[C@@H]1CN[C@H](C(=O)N2CCC[C@H]2C#N)C1.Cc1ccc(S(=O)(=O)O)cc1. The summed E-state index contributed by atoms with van der Waals surface area (Å²) in [7, 11) is -4.02. The average molecular weight is 500 g/mol. The molecule has 0 aliphatic carbocycles. The van der Waals surface area contributed by atoms with Gasteiger partial charge in [-0.3, -0.25) is 9.35 Å². The van der Waals surface area contributed by atoms with Crippen molar-refractivity contribution in [1.29, 1.82) is 5.26 Å². The third-order valence-corrected chi connectivity index (χ3v) is 7.54. The highest BCUT2D eigenvalue weighted by Crippen LogP contribution is 2.33. The van der Waals surface area contributed by atoms with Crippen LogP contribution in [0.25, 0.3) is 0 Å². The normalized spacial score (nSPS) is 21.8. The molecule has 3 atom stereocenters. The second-order valence-corrected chi connectivity index (χ2v) is 10.7. The Balaban J connectivity index is 0.000000261. The van der Waals surface area contributed by atoms with Crippen LogP contribution in [0.3, 0.4) is 0 Å². The van der Waals surface area contributed by atoms with E-state index in [9.17, 15) is 23.6 Å². The number of nitrogens with one attached hydrogen (secondary N) is 1. The number of aliphatic hydroxyl groups is 1. The molecule has 8 nitrogen and oxygen atoms in total. The van der Waals surface area contributed by atoms with Crippen LogP contribution in [-0.4, -0.2) is 54.1 Å². The van der Waals surface area contributed by atoms with E-state index in [-0.39, 0.29) is 29.5 Å². The summed E-state index contributed by atoms with van der Waals surface area (Å²) < 4.78 is 29.6. The highest BCUT2D eigenvalue weighted by atomic mass is 32.2. The minimum absolute atomic E-state index is 0.0521. The van der Waals surface area contributed by atoms with Crippen LogP contribution in [-0.2, 0) is 21.5 Å². The van der Waals surface area contributed by atoms with Gasteiger partial charge in [-0.25, -0.2) is 0 Å². The van der Waals surface area contributed by atoms with Gasteiger partial charge in [0.15, 0.2) is 0 Å². The highest BCUT2D eigenvalue weighted by molar-refractivity contribution is 7.85. The standard InChI is InChI=1S/C19H25N3O2.C7H8O3S/c1-12-6-14(11-23)7-13(2)18(12)15-8-17(21-10-15)19(24)22-5-3-4-16(22)9-20;1-6-2-4-7(5-3-6)11(8,9)10/h6-7,15-17,21,23H,3-5,8,10-11H2,1-2H3;2-5H,1H3,(H,8,9,10)/t15-,16-,17-;/m0./s1. The molecule has 2 aliphatic heterocycles. The maximum Gasteiger partial charge on any atom is 0.294 e. The van der Waals surface area contributed by atoms with Gasteiger partial charge in [-0.05, 0) is 80.3 Å². The Bertz CT molecular complexity index is 1180. The van der Waals surface area contributed by atoms with Crippen molar-refractivity contribution in [1.82, 2.24) is 10.2 Å². The van der Waals surface area contributed by atoms with Gasteiger partial charge in [0.05, 0.1) is 23.6 Å². The molecule has 2 heterocycles. The molecule has 2 saturated heterocycles. The fourth-order valence-corrected chi connectivity index (χ4v) is 5.50. The van der Waals surface area contributed by atoms with Crippen LogP contribution in [0, 0.1) is 32.1 Å². The summed E-state index contributed by atoms with van der Waals surface area (Å²) >= 11 is 0. The Morgan fingerprint density at radius 1 is 1.17 bits per heavy atom. The summed E-state index contributed by atoms with van der Waals surface area (Å²) in [6, 6.07) is 11.8. The summed E-state index contributed by atoms with van der Waals surface area (Å²) in [5.41, 5.74) is 5.52. The Morgan fingerprint density at radius 2 is 1.80 bits per heavy atom. The van der Waals surface area contributed by atoms with E-state index in [2.05, 4.69) is 25.2 Å². The van der Waals surface area contributed by atoms with E-state index < -0.39 is 10.1 Å². The Hall–Kier alpha value is -2.77. The third-order valence-electron chi connectivity index (χ3n) is 6.68. The molecule has 3 N–H and O–H groups in total. The summed E-state index contributed by atoms with van der Waals surface area (Å²) in [5.74, 6) is 0.374. The number of aryl methyl sites for hydroxylation is 3. The minimum atomic E-state index is -4.02. The highest BCUT2D eigenvalue weighted by Gasteiger charge is 2.38. The Kier molecular flexibility index (Phi) is 8.67. The largest absolute Gasteiger partial charge is 0.392 e. The van der Waals surface area contributed by atoms with E-state index in [4.69, 9.17) is 4.55 Å². The Labute approximate surface area is 207 Å². The summed E-state index contributed by atoms with van der Waals surface area (Å²) in [5, 5.41) is 21.9. The summed E-state index contributed by atoms with van der Waals surface area (Å²) in [6.45, 7) is 7.51. The zero-order valence-corrected chi connectivity index (χ0v) is 21.2. The number of benzene rings is 2. The van der Waals surface area contributed by atoms with Crippen molar-refractivity contribution in [2.75, 3.05) is 13.1 Å². The van der Waals surface area contributed by atoms with Crippen LogP contribution in [0.15, 0.2) is 41.3 Å². The van der Waals surface area contributed by atoms with E-state index in [1.165, 1.54) is 28.8 Å². The molecule has 4 rings (SSSR count). The number of nitriles is 1. The molecule has 0 unspecified atom stereocenters. The number of likely N-dealkylation sites (tertiary alicyclic amines) is 1. The van der Waals surface area contributed by atoms with E-state index in [0.717, 1.165) is 36.9 Å². The van der Waals surface area contributed by atoms with Crippen molar-refractivity contribution >= 4 is 16.0 Å². The van der Waals surface area contributed by atoms with Crippen LogP contribution in [0.2, 0.25) is 0 Å². The second kappa shape index (κ2) is 11.3. The van der Waals surface area contributed by atoms with Crippen LogP contribution < -0.4 is 5.32 Å². The predicted octanol–water partition coefficient (Wildman–Crippen LogP) is 3.00. The van der Waals surface area contributed by atoms with Crippen LogP contribution >= 0.6 is 0 Å². The number of amides is 1. The molecular formula is C26H33N3O5S. The lowest BCUT2D eigenvalue weighted by molar-refractivity contribution is -0.133. The van der Waals surface area contributed by atoms with Crippen molar-refractivity contribution < 1.29 is 22.9 Å². The number of hydrogen-bond donors (Lipinski definition) is 3. The number of carbonyl (C=O) groups excluding carboxylic acids is 1. The lowest BCUT2D eigenvalue weighted by atomic mass is 9.87. The van der Waals surface area contributed by atoms with Gasteiger partial charge in [0.1, 0.15) is 6.04 Å². The van der Waals surface area contributed by atoms with Crippen molar-refractivity contribution in [2.45, 2.75) is 69.5 Å². The monoisotopic (exact) mass is 499 g/mol. The van der Waals surface area contributed by atoms with Crippen LogP contribution in [0.4, 0.5) is 0 Å². The topological polar surface area (TPSA) is 131 Å². The first-order valence-electron chi connectivity index (χ1n) is 11.7. The molecule has 0 bridgehead atoms. The molecule has 2 aromatic rings. The molecule has 0 saturated carbocycles. The van der Waals surface area contributed by atoms with Gasteiger partial charge in [0.25, 0.3) is 10.1 Å². The number of nitrogens with zero attached hydrogens (tertiary/aromatic N) is 2. The molecule has 2 aliphatic rings. The van der Waals surface area contributed by atoms with Gasteiger partial charge in [-0.15, -0.1) is 0 Å². The van der Waals surface area contributed by atoms with Gasteiger partial charge < -0.3 is 15.3 Å². The summed E-state index contributed by atoms with van der Waals surface area (Å²) in [4.78, 5) is 14.4. The van der Waals surface area contributed by atoms with Crippen molar-refractivity contribution in [3.05, 3.63) is 64.2 Å². The fraction of sp³-hybridized carbons (Fsp3) is 0.462. The van der Waals surface area contributed by atoms with Gasteiger partial charge >= 0.3 is 0 Å². The molecular weight excluding hydrogens is 466 g/mol. The zero-order chi connectivity index (χ0) is 25.8. The third kappa shape index (κ3) is 6.47. The molecule has 2 fully saturated rings. The molecule has 1 amide bonds. The lowest BCUT2D eigenvalue weighted by Crippen LogP contribution is -2.45. The van der Waals surface area contributed by atoms with Gasteiger partial charge in [-0.2, -0.15) is 13.7 Å². The van der Waals surface area contributed by atoms with Gasteiger partial charge in [-0.1, -0.05) is 29.8 Å². The number of aliphatic hydroxyl groups excluding tert-OH is 1. The number of carbonyl (C=O) groups is 1. The minimum Gasteiger partial charge on any atom is -0.392 e. The zero-order valence-electron chi connectivity index (χ0n) is 20.4. The van der Waals surface area contributed by atoms with Crippen LogP contribution in [0.1, 0.15) is 53.0 Å². The molecule has 0 radical (unpaired) electrons. The fourth-order valence-electron chi connectivity index (χ4n) is 5.02. The Morgan fingerprint density at radius 3 is 2.34 bits per heavy atom. The first-order chi connectivity index (χ1) is 16.5. The first kappa shape index (κ1) is 26.8. The average Bonchev–Trinajstić information content (AvgIpc) is 3.48. The van der Waals surface area contributed by atoms with Gasteiger partial charge in [0.2, 0.25) is 5.91 Å². The second-order valence-electron chi connectivity index (χ2n) is 9.30. The smallest absolute Gasteiger partial charge is 0.294 e. The molecule has 35 heavy (non-hydrogen) atoms. The first-order valence-corrected chi connectivity index (χ1v) is 13.2. The van der Waals surface area contributed by atoms with E-state index in [1.54, 1.807) is 17.0 Å². The van der Waals surface area contributed by atoms with Crippen molar-refractivity contribution in [3.8, 4) is 6.07 Å². The lowest BCUT2D eigenvalue weighted by Gasteiger charge is -2.23. The van der Waals surface area contributed by atoms with E-state index >= 15 is 0 Å². The van der Waals surface area contributed by atoms with Gasteiger partial charge in [0, 0.05) is 13.1 Å². The maximum absolute atomic E-state index is 12.7. The van der Waals surface area contributed by atoms with Crippen LogP contribution in [0.5, 0.6) is 0 Å². The van der Waals surface area contributed by atoms with E-state index in [0.29, 0.717) is 12.5 Å².